The van der Waals surface area contributed by atoms with E-state index in [0.29, 0.717) is 11.8 Å². The van der Waals surface area contributed by atoms with Gasteiger partial charge < -0.3 is 9.64 Å². The summed E-state index contributed by atoms with van der Waals surface area (Å²) in [4.78, 5) is 14.6. The summed E-state index contributed by atoms with van der Waals surface area (Å²) in [5, 5.41) is 0. The number of hydrogen-bond donors (Lipinski definition) is 0. The number of unbranched alkanes of at least 4 members (excludes halogenated alkanes) is 20. The molecule has 1 aliphatic carbocycles. The van der Waals surface area contributed by atoms with Gasteiger partial charge in [-0.2, -0.15) is 0 Å². The van der Waals surface area contributed by atoms with E-state index in [0.717, 1.165) is 32.2 Å². The molecule has 1 aliphatic rings. The zero-order chi connectivity index (χ0) is 36.9. The molecular formula is C48H87NO2. The number of ether oxygens (including phenoxy) is 1. The van der Waals surface area contributed by atoms with Crippen LogP contribution < -0.4 is 0 Å². The largest absolute Gasteiger partial charge is 0.462 e. The molecule has 0 bridgehead atoms. The van der Waals surface area contributed by atoms with Crippen molar-refractivity contribution < 1.29 is 9.53 Å². The van der Waals surface area contributed by atoms with E-state index in [2.05, 4.69) is 67.4 Å². The van der Waals surface area contributed by atoms with E-state index in [1.807, 2.05) is 14.1 Å². The van der Waals surface area contributed by atoms with Gasteiger partial charge in [-0.05, 0) is 116 Å². The van der Waals surface area contributed by atoms with Gasteiger partial charge in [0.25, 0.3) is 0 Å². The van der Waals surface area contributed by atoms with Crippen molar-refractivity contribution in [1.82, 2.24) is 4.90 Å². The monoisotopic (exact) mass is 710 g/mol. The molecule has 1 atom stereocenters. The highest BCUT2D eigenvalue weighted by atomic mass is 16.5. The summed E-state index contributed by atoms with van der Waals surface area (Å²) in [7, 11) is 4.05. The van der Waals surface area contributed by atoms with Crippen molar-refractivity contribution in [1.29, 1.82) is 0 Å². The van der Waals surface area contributed by atoms with E-state index in [-0.39, 0.29) is 12.1 Å². The van der Waals surface area contributed by atoms with E-state index in [4.69, 9.17) is 4.74 Å². The van der Waals surface area contributed by atoms with Gasteiger partial charge in [0.1, 0.15) is 6.10 Å². The maximum atomic E-state index is 12.5. The minimum Gasteiger partial charge on any atom is -0.462 e. The molecule has 0 aromatic carbocycles. The second-order valence-electron chi connectivity index (χ2n) is 16.3. The van der Waals surface area contributed by atoms with E-state index in [9.17, 15) is 4.79 Å². The first-order valence-electron chi connectivity index (χ1n) is 22.5. The van der Waals surface area contributed by atoms with Gasteiger partial charge in [-0.3, -0.25) is 4.79 Å². The van der Waals surface area contributed by atoms with Crippen LogP contribution in [0.25, 0.3) is 0 Å². The van der Waals surface area contributed by atoms with Crippen LogP contribution in [0.4, 0.5) is 0 Å². The van der Waals surface area contributed by atoms with Crippen LogP contribution in [-0.4, -0.2) is 37.6 Å². The van der Waals surface area contributed by atoms with Crippen molar-refractivity contribution in [2.75, 3.05) is 20.6 Å². The van der Waals surface area contributed by atoms with Crippen molar-refractivity contribution in [3.05, 3.63) is 48.6 Å². The zero-order valence-electron chi connectivity index (χ0n) is 34.8. The van der Waals surface area contributed by atoms with Gasteiger partial charge >= 0.3 is 5.97 Å². The molecule has 1 fully saturated rings. The second-order valence-corrected chi connectivity index (χ2v) is 16.3. The number of hydrogen-bond acceptors (Lipinski definition) is 3. The molecule has 1 rings (SSSR count). The Morgan fingerprint density at radius 2 is 0.961 bits per heavy atom. The minimum absolute atomic E-state index is 0.000217. The lowest BCUT2D eigenvalue weighted by Gasteiger charge is -2.30. The topological polar surface area (TPSA) is 29.5 Å². The Morgan fingerprint density at radius 3 is 1.37 bits per heavy atom. The molecule has 3 heteroatoms. The Balaban J connectivity index is 2.24. The van der Waals surface area contributed by atoms with Gasteiger partial charge in [0.15, 0.2) is 0 Å². The molecule has 0 saturated heterocycles. The van der Waals surface area contributed by atoms with Gasteiger partial charge in [-0.1, -0.05) is 165 Å². The molecular weight excluding hydrogens is 623 g/mol. The summed E-state index contributed by atoms with van der Waals surface area (Å²) < 4.78 is 6.01. The molecule has 1 saturated carbocycles. The highest BCUT2D eigenvalue weighted by molar-refractivity contribution is 5.69. The van der Waals surface area contributed by atoms with Gasteiger partial charge in [0.05, 0.1) is 6.42 Å². The van der Waals surface area contributed by atoms with E-state index < -0.39 is 0 Å². The lowest BCUT2D eigenvalue weighted by molar-refractivity contribution is -0.149. The number of carbonyl (C=O) groups excluding carboxylic acids is 1. The van der Waals surface area contributed by atoms with Gasteiger partial charge in [-0.25, -0.2) is 0 Å². The van der Waals surface area contributed by atoms with Crippen LogP contribution in [0.5, 0.6) is 0 Å². The number of allylic oxidation sites excluding steroid dienone is 8. The lowest BCUT2D eigenvalue weighted by atomic mass is 9.76. The van der Waals surface area contributed by atoms with E-state index in [1.54, 1.807) is 0 Å². The SMILES string of the molecule is CCCCC/C=C\C/C=C\CCCCCCCCCC1(CCCCCCCCC/C=C\C/C=C\CCCCC)CCC(OC(=O)CCN(C)C)C1. The summed E-state index contributed by atoms with van der Waals surface area (Å²) in [6.45, 7) is 5.31. The van der Waals surface area contributed by atoms with Crippen LogP contribution in [0.3, 0.4) is 0 Å². The maximum absolute atomic E-state index is 12.5. The average molecular weight is 710 g/mol. The van der Waals surface area contributed by atoms with Crippen LogP contribution in [0.2, 0.25) is 0 Å². The fourth-order valence-electron chi connectivity index (χ4n) is 7.72. The quantitative estimate of drug-likeness (QED) is 0.0368. The Bertz CT molecular complexity index is 834. The molecule has 0 N–H and O–H groups in total. The molecule has 0 aliphatic heterocycles. The maximum Gasteiger partial charge on any atom is 0.307 e. The van der Waals surface area contributed by atoms with E-state index >= 15 is 0 Å². The Hall–Kier alpha value is -1.61. The Morgan fingerprint density at radius 1 is 0.569 bits per heavy atom. The first-order chi connectivity index (χ1) is 25.0. The standard InChI is InChI=1S/C48H87NO2/c1-5-7-9-11-13-15-17-19-21-23-25-27-29-31-33-35-37-41-48(43-39-46(45-48)51-47(50)40-44-49(3)4)42-38-36-34-32-30-28-26-24-22-20-18-16-14-12-10-8-6-2/h13-16,19-22,46H,5-12,17-18,23-45H2,1-4H3/b15-13-,16-14-,21-19-,22-20-. The fraction of sp³-hybridized carbons (Fsp3) is 0.812. The molecule has 0 radical (unpaired) electrons. The normalized spacial score (nSPS) is 16.3. The fourth-order valence-corrected chi connectivity index (χ4v) is 7.72. The van der Waals surface area contributed by atoms with Crippen LogP contribution in [0, 0.1) is 5.41 Å². The van der Waals surface area contributed by atoms with Crippen molar-refractivity contribution in [3.63, 3.8) is 0 Å². The molecule has 0 aromatic heterocycles. The number of rotatable bonds is 36. The third-order valence-corrected chi connectivity index (χ3v) is 11.0. The molecule has 0 amide bonds. The highest BCUT2D eigenvalue weighted by Crippen LogP contribution is 2.47. The molecule has 51 heavy (non-hydrogen) atoms. The molecule has 3 nitrogen and oxygen atoms in total. The predicted octanol–water partition coefficient (Wildman–Crippen LogP) is 15.2. The summed E-state index contributed by atoms with van der Waals surface area (Å²) in [6.07, 6.45) is 59.9. The van der Waals surface area contributed by atoms with E-state index in [1.165, 1.54) is 173 Å². The lowest BCUT2D eigenvalue weighted by Crippen LogP contribution is -2.23. The third-order valence-electron chi connectivity index (χ3n) is 11.0. The van der Waals surface area contributed by atoms with Crippen molar-refractivity contribution in [2.24, 2.45) is 5.41 Å². The first kappa shape index (κ1) is 47.4. The number of esters is 1. The third kappa shape index (κ3) is 30.5. The van der Waals surface area contributed by atoms with Gasteiger partial charge in [-0.15, -0.1) is 0 Å². The number of nitrogens with zero attached hydrogens (tertiary/aromatic N) is 1. The summed E-state index contributed by atoms with van der Waals surface area (Å²) in [6, 6.07) is 0. The van der Waals surface area contributed by atoms with Crippen molar-refractivity contribution >= 4 is 5.97 Å². The van der Waals surface area contributed by atoms with Crippen LogP contribution in [-0.2, 0) is 9.53 Å². The second kappa shape index (κ2) is 35.4. The summed E-state index contributed by atoms with van der Waals surface area (Å²) in [5.41, 5.74) is 0.403. The zero-order valence-corrected chi connectivity index (χ0v) is 34.8. The Kier molecular flexibility index (Phi) is 32.9. The molecule has 0 spiro atoms. The Labute approximate surface area is 319 Å². The summed E-state index contributed by atoms with van der Waals surface area (Å²) >= 11 is 0. The van der Waals surface area contributed by atoms with Crippen LogP contribution in [0.15, 0.2) is 48.6 Å². The predicted molar refractivity (Wildman–Crippen MR) is 227 cm³/mol. The molecule has 0 heterocycles. The minimum atomic E-state index is -0.000217. The molecule has 296 valence electrons. The summed E-state index contributed by atoms with van der Waals surface area (Å²) in [5.74, 6) is -0.000217. The van der Waals surface area contributed by atoms with Gasteiger partial charge in [0, 0.05) is 6.54 Å². The first-order valence-corrected chi connectivity index (χ1v) is 22.5. The number of carbonyl (C=O) groups is 1. The molecule has 1 unspecified atom stereocenters. The van der Waals surface area contributed by atoms with Crippen LogP contribution in [0.1, 0.15) is 219 Å². The van der Waals surface area contributed by atoms with Gasteiger partial charge in [0.2, 0.25) is 0 Å². The molecule has 0 aromatic rings. The average Bonchev–Trinajstić information content (AvgIpc) is 3.52. The van der Waals surface area contributed by atoms with Crippen molar-refractivity contribution in [3.8, 4) is 0 Å². The smallest absolute Gasteiger partial charge is 0.307 e. The van der Waals surface area contributed by atoms with Crippen molar-refractivity contribution in [2.45, 2.75) is 225 Å². The highest BCUT2D eigenvalue weighted by Gasteiger charge is 2.39. The van der Waals surface area contributed by atoms with Crippen LogP contribution >= 0.6 is 0 Å².